The van der Waals surface area contributed by atoms with Gasteiger partial charge in [0, 0.05) is 9.75 Å². The first-order chi connectivity index (χ1) is 9.67. The van der Waals surface area contributed by atoms with Crippen LogP contribution in [0.3, 0.4) is 0 Å². The zero-order valence-corrected chi connectivity index (χ0v) is 13.4. The minimum absolute atomic E-state index is 0.356. The minimum atomic E-state index is 0.356. The van der Waals surface area contributed by atoms with Gasteiger partial charge in [-0.1, -0.05) is 36.2 Å². The Bertz CT molecular complexity index is 570. The normalized spacial score (nSPS) is 15.3. The molecule has 1 nitrogen and oxygen atoms in total. The van der Waals surface area contributed by atoms with Gasteiger partial charge >= 0.3 is 0 Å². The Morgan fingerprint density at radius 1 is 1.10 bits per heavy atom. The van der Waals surface area contributed by atoms with Crippen LogP contribution in [0.1, 0.15) is 51.4 Å². The van der Waals surface area contributed by atoms with E-state index in [1.807, 2.05) is 11.3 Å². The van der Waals surface area contributed by atoms with E-state index in [-0.39, 0.29) is 0 Å². The van der Waals surface area contributed by atoms with Crippen LogP contribution in [0.15, 0.2) is 24.3 Å². The minimum Gasteiger partial charge on any atom is -0.306 e. The van der Waals surface area contributed by atoms with Crippen molar-refractivity contribution in [3.63, 3.8) is 0 Å². The van der Waals surface area contributed by atoms with Crippen LogP contribution in [0.5, 0.6) is 0 Å². The van der Waals surface area contributed by atoms with Crippen molar-refractivity contribution in [3.8, 4) is 0 Å². The maximum atomic E-state index is 3.67. The lowest BCUT2D eigenvalue weighted by Crippen LogP contribution is -2.21. The van der Waals surface area contributed by atoms with Crippen molar-refractivity contribution in [1.82, 2.24) is 5.32 Å². The highest BCUT2D eigenvalue weighted by Gasteiger charge is 2.21. The largest absolute Gasteiger partial charge is 0.306 e. The van der Waals surface area contributed by atoms with Gasteiger partial charge in [-0.25, -0.2) is 0 Å². The maximum absolute atomic E-state index is 3.67. The van der Waals surface area contributed by atoms with Crippen LogP contribution in [-0.4, -0.2) is 6.54 Å². The summed E-state index contributed by atoms with van der Waals surface area (Å²) in [5.74, 6) is 0. The number of aryl methyl sites for hydroxylation is 4. The van der Waals surface area contributed by atoms with Gasteiger partial charge in [-0.3, -0.25) is 0 Å². The molecule has 1 N–H and O–H groups in total. The molecule has 3 rings (SSSR count). The molecule has 0 fully saturated rings. The van der Waals surface area contributed by atoms with E-state index < -0.39 is 0 Å². The van der Waals surface area contributed by atoms with Gasteiger partial charge in [0.15, 0.2) is 0 Å². The number of hydrogen-bond donors (Lipinski definition) is 1. The average Bonchev–Trinajstić information content (AvgIpc) is 2.95. The summed E-state index contributed by atoms with van der Waals surface area (Å²) in [6.07, 6.45) is 3.90. The van der Waals surface area contributed by atoms with E-state index in [1.54, 1.807) is 10.4 Å². The Hall–Kier alpha value is -1.12. The predicted octanol–water partition coefficient (Wildman–Crippen LogP) is 4.55. The molecule has 0 radical (unpaired) electrons. The first kappa shape index (κ1) is 13.8. The van der Waals surface area contributed by atoms with E-state index in [4.69, 9.17) is 0 Å². The van der Waals surface area contributed by atoms with E-state index in [0.717, 1.165) is 6.54 Å². The highest BCUT2D eigenvalue weighted by atomic mass is 32.1. The fraction of sp³-hybridized carbons (Fsp3) is 0.444. The number of hydrogen-bond acceptors (Lipinski definition) is 2. The molecule has 1 aliphatic rings. The Labute approximate surface area is 126 Å². The molecular formula is C18H23NS. The SMILES string of the molecule is CCNC(c1cc(C)cc(C)c1)c1cc2c(s1)CCC2. The number of rotatable bonds is 4. The summed E-state index contributed by atoms with van der Waals surface area (Å²) >= 11 is 2.01. The highest BCUT2D eigenvalue weighted by molar-refractivity contribution is 7.12. The molecule has 0 aliphatic heterocycles. The van der Waals surface area contributed by atoms with E-state index in [2.05, 4.69) is 50.4 Å². The van der Waals surface area contributed by atoms with Crippen LogP contribution in [0, 0.1) is 13.8 Å². The molecule has 1 atom stereocenters. The highest BCUT2D eigenvalue weighted by Crippen LogP contribution is 2.36. The molecule has 1 aromatic heterocycles. The average molecular weight is 285 g/mol. The number of nitrogens with one attached hydrogen (secondary N) is 1. The molecule has 1 heterocycles. The van der Waals surface area contributed by atoms with Crippen molar-refractivity contribution >= 4 is 11.3 Å². The first-order valence-electron chi connectivity index (χ1n) is 7.60. The molecule has 1 unspecified atom stereocenters. The molecule has 2 heteroatoms. The van der Waals surface area contributed by atoms with Crippen molar-refractivity contribution in [2.75, 3.05) is 6.54 Å². The maximum Gasteiger partial charge on any atom is 0.0671 e. The van der Waals surface area contributed by atoms with Crippen molar-refractivity contribution in [2.24, 2.45) is 0 Å². The van der Waals surface area contributed by atoms with Crippen LogP contribution in [0.4, 0.5) is 0 Å². The third-order valence-corrected chi connectivity index (χ3v) is 5.34. The molecule has 0 saturated carbocycles. The molecule has 0 bridgehead atoms. The zero-order chi connectivity index (χ0) is 14.1. The summed E-state index contributed by atoms with van der Waals surface area (Å²) in [7, 11) is 0. The second-order valence-corrected chi connectivity index (χ2v) is 7.03. The van der Waals surface area contributed by atoms with E-state index in [1.165, 1.54) is 40.8 Å². The number of benzene rings is 1. The molecular weight excluding hydrogens is 262 g/mol. The van der Waals surface area contributed by atoms with Gasteiger partial charge in [-0.2, -0.15) is 0 Å². The third kappa shape index (κ3) is 2.68. The third-order valence-electron chi connectivity index (χ3n) is 4.04. The molecule has 1 aliphatic carbocycles. The molecule has 0 saturated heterocycles. The number of fused-ring (bicyclic) bond motifs is 1. The quantitative estimate of drug-likeness (QED) is 0.869. The Balaban J connectivity index is 1.98. The van der Waals surface area contributed by atoms with Gasteiger partial charge in [-0.05, 0) is 56.8 Å². The summed E-state index contributed by atoms with van der Waals surface area (Å²) in [4.78, 5) is 3.11. The van der Waals surface area contributed by atoms with Gasteiger partial charge in [0.05, 0.1) is 6.04 Å². The Kier molecular flexibility index (Phi) is 3.95. The lowest BCUT2D eigenvalue weighted by atomic mass is 9.99. The monoisotopic (exact) mass is 285 g/mol. The van der Waals surface area contributed by atoms with E-state index in [9.17, 15) is 0 Å². The van der Waals surface area contributed by atoms with Crippen molar-refractivity contribution < 1.29 is 0 Å². The smallest absolute Gasteiger partial charge is 0.0671 e. The summed E-state index contributed by atoms with van der Waals surface area (Å²) in [5.41, 5.74) is 5.71. The molecule has 0 spiro atoms. The topological polar surface area (TPSA) is 12.0 Å². The number of thiophene rings is 1. The summed E-state index contributed by atoms with van der Waals surface area (Å²) in [6.45, 7) is 7.57. The molecule has 106 valence electrons. The van der Waals surface area contributed by atoms with Crippen LogP contribution in [-0.2, 0) is 12.8 Å². The second-order valence-electron chi connectivity index (χ2n) is 5.86. The summed E-state index contributed by atoms with van der Waals surface area (Å²) in [5, 5.41) is 3.67. The van der Waals surface area contributed by atoms with Crippen molar-refractivity contribution in [1.29, 1.82) is 0 Å². The molecule has 2 aromatic rings. The van der Waals surface area contributed by atoms with Gasteiger partial charge in [-0.15, -0.1) is 11.3 Å². The fourth-order valence-corrected chi connectivity index (χ4v) is 4.62. The van der Waals surface area contributed by atoms with Gasteiger partial charge in [0.1, 0.15) is 0 Å². The van der Waals surface area contributed by atoms with Crippen molar-refractivity contribution in [2.45, 2.75) is 46.1 Å². The predicted molar refractivity (Wildman–Crippen MR) is 87.8 cm³/mol. The van der Waals surface area contributed by atoms with Crippen molar-refractivity contribution in [3.05, 3.63) is 56.3 Å². The van der Waals surface area contributed by atoms with E-state index in [0.29, 0.717) is 6.04 Å². The van der Waals surface area contributed by atoms with Gasteiger partial charge in [0.2, 0.25) is 0 Å². The van der Waals surface area contributed by atoms with Crippen LogP contribution in [0.25, 0.3) is 0 Å². The first-order valence-corrected chi connectivity index (χ1v) is 8.42. The Morgan fingerprint density at radius 2 is 1.85 bits per heavy atom. The standard InChI is InChI=1S/C18H23NS/c1-4-19-18(15-9-12(2)8-13(3)10-15)17-11-14-6-5-7-16(14)20-17/h8-11,18-19H,4-7H2,1-3H3. The molecule has 0 amide bonds. The lowest BCUT2D eigenvalue weighted by Gasteiger charge is -2.18. The molecule has 20 heavy (non-hydrogen) atoms. The Morgan fingerprint density at radius 3 is 2.50 bits per heavy atom. The zero-order valence-electron chi connectivity index (χ0n) is 12.6. The van der Waals surface area contributed by atoms with Gasteiger partial charge < -0.3 is 5.32 Å². The molecule has 1 aromatic carbocycles. The van der Waals surface area contributed by atoms with Crippen LogP contribution >= 0.6 is 11.3 Å². The summed E-state index contributed by atoms with van der Waals surface area (Å²) < 4.78 is 0. The second kappa shape index (κ2) is 5.71. The van der Waals surface area contributed by atoms with Crippen LogP contribution < -0.4 is 5.32 Å². The van der Waals surface area contributed by atoms with Gasteiger partial charge in [0.25, 0.3) is 0 Å². The lowest BCUT2D eigenvalue weighted by molar-refractivity contribution is 0.638. The van der Waals surface area contributed by atoms with Crippen LogP contribution in [0.2, 0.25) is 0 Å². The van der Waals surface area contributed by atoms with E-state index >= 15 is 0 Å². The summed E-state index contributed by atoms with van der Waals surface area (Å²) in [6, 6.07) is 9.70. The fourth-order valence-electron chi connectivity index (χ4n) is 3.26.